The molecule has 0 spiro atoms. The first-order chi connectivity index (χ1) is 14.1. The molecule has 0 saturated heterocycles. The summed E-state index contributed by atoms with van der Waals surface area (Å²) in [5, 5.41) is 5.36. The van der Waals surface area contributed by atoms with Crippen molar-refractivity contribution in [3.63, 3.8) is 0 Å². The Bertz CT molecular complexity index is 1030. The van der Waals surface area contributed by atoms with E-state index in [-0.39, 0.29) is 30.4 Å². The van der Waals surface area contributed by atoms with Crippen LogP contribution in [0.4, 0.5) is 15.8 Å². The van der Waals surface area contributed by atoms with Crippen molar-refractivity contribution in [3.8, 4) is 0 Å². The molecule has 0 atom stereocenters. The highest BCUT2D eigenvalue weighted by molar-refractivity contribution is 6.52. The molecule has 2 aromatic carbocycles. The van der Waals surface area contributed by atoms with Crippen molar-refractivity contribution >= 4 is 34.9 Å². The van der Waals surface area contributed by atoms with Gasteiger partial charge >= 0.3 is 0 Å². The minimum absolute atomic E-state index is 0.137. The van der Waals surface area contributed by atoms with Crippen molar-refractivity contribution in [1.82, 2.24) is 5.32 Å². The lowest BCUT2D eigenvalue weighted by Crippen LogP contribution is -2.39. The van der Waals surface area contributed by atoms with Gasteiger partial charge in [-0.25, -0.2) is 4.39 Å². The van der Waals surface area contributed by atoms with Crippen LogP contribution in [0.2, 0.25) is 0 Å². The lowest BCUT2D eigenvalue weighted by atomic mass is 9.95. The molecule has 7 nitrogen and oxygen atoms in total. The highest BCUT2D eigenvalue weighted by Crippen LogP contribution is 2.31. The molecule has 3 amide bonds. The summed E-state index contributed by atoms with van der Waals surface area (Å²) in [5.74, 6) is -2.60. The number of nitrogens with one attached hydrogen (secondary N) is 2. The molecule has 1 aliphatic rings. The van der Waals surface area contributed by atoms with Gasteiger partial charge in [0.1, 0.15) is 12.4 Å². The SMILES string of the molecule is CC(C)(C)C(=O)Nc1ccc2c(c1)C(=O)C(=O)N2CC(=O)NCc1ccc(F)cc1. The van der Waals surface area contributed by atoms with Crippen molar-refractivity contribution < 1.29 is 23.6 Å². The Hall–Kier alpha value is -3.55. The van der Waals surface area contributed by atoms with E-state index in [9.17, 15) is 23.6 Å². The van der Waals surface area contributed by atoms with Crippen molar-refractivity contribution in [1.29, 1.82) is 0 Å². The highest BCUT2D eigenvalue weighted by Gasteiger charge is 2.37. The molecule has 2 N–H and O–H groups in total. The molecule has 0 aromatic heterocycles. The summed E-state index contributed by atoms with van der Waals surface area (Å²) in [6, 6.07) is 10.2. The molecule has 8 heteroatoms. The zero-order valence-electron chi connectivity index (χ0n) is 16.9. The summed E-state index contributed by atoms with van der Waals surface area (Å²) >= 11 is 0. The van der Waals surface area contributed by atoms with Crippen LogP contribution in [0.1, 0.15) is 36.7 Å². The third-order valence-corrected chi connectivity index (χ3v) is 4.62. The number of hydrogen-bond acceptors (Lipinski definition) is 4. The number of Topliss-reactive ketones (excluding diaryl/α,β-unsaturated/α-hetero) is 1. The number of halogens is 1. The van der Waals surface area contributed by atoms with E-state index < -0.39 is 23.0 Å². The van der Waals surface area contributed by atoms with Crippen LogP contribution < -0.4 is 15.5 Å². The first-order valence-electron chi connectivity index (χ1n) is 9.39. The maximum Gasteiger partial charge on any atom is 0.299 e. The first-order valence-corrected chi connectivity index (χ1v) is 9.39. The largest absolute Gasteiger partial charge is 0.350 e. The smallest absolute Gasteiger partial charge is 0.299 e. The Morgan fingerprint density at radius 2 is 1.70 bits per heavy atom. The van der Waals surface area contributed by atoms with Crippen LogP contribution in [0.15, 0.2) is 42.5 Å². The molecule has 2 aromatic rings. The molecular weight excluding hydrogens is 389 g/mol. The second-order valence-corrected chi connectivity index (χ2v) is 8.06. The molecule has 30 heavy (non-hydrogen) atoms. The van der Waals surface area contributed by atoms with Gasteiger partial charge in [-0.15, -0.1) is 0 Å². The molecule has 0 unspecified atom stereocenters. The fourth-order valence-electron chi connectivity index (χ4n) is 2.86. The maximum atomic E-state index is 12.9. The third-order valence-electron chi connectivity index (χ3n) is 4.62. The number of ketones is 1. The van der Waals surface area contributed by atoms with Crippen molar-refractivity contribution in [3.05, 3.63) is 59.4 Å². The maximum absolute atomic E-state index is 12.9. The Labute approximate surface area is 173 Å². The number of amides is 3. The predicted molar refractivity (Wildman–Crippen MR) is 109 cm³/mol. The molecule has 0 radical (unpaired) electrons. The first kappa shape index (κ1) is 21.2. The van der Waals surface area contributed by atoms with E-state index in [4.69, 9.17) is 0 Å². The van der Waals surface area contributed by atoms with Crippen molar-refractivity contribution in [2.75, 3.05) is 16.8 Å². The number of carbonyl (C=O) groups excluding carboxylic acids is 4. The minimum atomic E-state index is -0.804. The highest BCUT2D eigenvalue weighted by atomic mass is 19.1. The Kier molecular flexibility index (Phi) is 5.69. The fourth-order valence-corrected chi connectivity index (χ4v) is 2.86. The normalized spacial score (nSPS) is 13.3. The molecule has 0 bridgehead atoms. The number of rotatable bonds is 5. The van der Waals surface area contributed by atoms with Gasteiger partial charge in [-0.05, 0) is 35.9 Å². The molecule has 0 saturated carbocycles. The Morgan fingerprint density at radius 1 is 1.03 bits per heavy atom. The predicted octanol–water partition coefficient (Wildman–Crippen LogP) is 2.66. The van der Waals surface area contributed by atoms with Crippen LogP contribution in [0.5, 0.6) is 0 Å². The molecule has 3 rings (SSSR count). The topological polar surface area (TPSA) is 95.6 Å². The van der Waals surface area contributed by atoms with Crippen LogP contribution >= 0.6 is 0 Å². The summed E-state index contributed by atoms with van der Waals surface area (Å²) in [4.78, 5) is 50.3. The van der Waals surface area contributed by atoms with Gasteiger partial charge in [-0.3, -0.25) is 24.1 Å². The number of anilines is 2. The number of fused-ring (bicyclic) bond motifs is 1. The van der Waals surface area contributed by atoms with Crippen molar-refractivity contribution in [2.45, 2.75) is 27.3 Å². The summed E-state index contributed by atoms with van der Waals surface area (Å²) in [6.07, 6.45) is 0. The lowest BCUT2D eigenvalue weighted by molar-refractivity contribution is -0.123. The number of carbonyl (C=O) groups is 4. The van der Waals surface area contributed by atoms with E-state index in [0.717, 1.165) is 4.90 Å². The van der Waals surface area contributed by atoms with E-state index in [0.29, 0.717) is 16.9 Å². The standard InChI is InChI=1S/C22H22FN3O4/c1-22(2,3)21(30)25-15-8-9-17-16(10-15)19(28)20(29)26(17)12-18(27)24-11-13-4-6-14(23)7-5-13/h4-10H,11-12H2,1-3H3,(H,24,27)(H,25,30). The van der Waals surface area contributed by atoms with Crippen molar-refractivity contribution in [2.24, 2.45) is 5.41 Å². The van der Waals surface area contributed by atoms with Gasteiger partial charge in [0.15, 0.2) is 0 Å². The average molecular weight is 411 g/mol. The summed E-state index contributed by atoms with van der Waals surface area (Å²) in [5.41, 5.74) is 0.937. The molecule has 1 heterocycles. The van der Waals surface area contributed by atoms with E-state index in [1.165, 1.54) is 24.3 Å². The van der Waals surface area contributed by atoms with Crippen LogP contribution in [0, 0.1) is 11.2 Å². The van der Waals surface area contributed by atoms with Gasteiger partial charge < -0.3 is 10.6 Å². The van der Waals surface area contributed by atoms with E-state index in [1.54, 1.807) is 39.0 Å². The average Bonchev–Trinajstić information content (AvgIpc) is 2.91. The van der Waals surface area contributed by atoms with Gasteiger partial charge in [0.05, 0.1) is 11.3 Å². The summed E-state index contributed by atoms with van der Waals surface area (Å²) < 4.78 is 12.9. The van der Waals surface area contributed by atoms with Gasteiger partial charge in [0, 0.05) is 17.6 Å². The molecular formula is C22H22FN3O4. The van der Waals surface area contributed by atoms with Gasteiger partial charge in [-0.1, -0.05) is 32.9 Å². The van der Waals surface area contributed by atoms with E-state index in [1.807, 2.05) is 0 Å². The second kappa shape index (κ2) is 8.06. The van der Waals surface area contributed by atoms with Gasteiger partial charge in [0.2, 0.25) is 11.8 Å². The Balaban J connectivity index is 1.69. The van der Waals surface area contributed by atoms with E-state index in [2.05, 4.69) is 10.6 Å². The van der Waals surface area contributed by atoms with Gasteiger partial charge in [0.25, 0.3) is 11.7 Å². The number of benzene rings is 2. The van der Waals surface area contributed by atoms with Crippen LogP contribution in [-0.4, -0.2) is 30.0 Å². The molecule has 156 valence electrons. The molecule has 0 aliphatic carbocycles. The second-order valence-electron chi connectivity index (χ2n) is 8.06. The Morgan fingerprint density at radius 3 is 2.33 bits per heavy atom. The minimum Gasteiger partial charge on any atom is -0.350 e. The van der Waals surface area contributed by atoms with Crippen LogP contribution in [0.25, 0.3) is 0 Å². The molecule has 0 fully saturated rings. The van der Waals surface area contributed by atoms with Crippen LogP contribution in [-0.2, 0) is 20.9 Å². The fraction of sp³-hybridized carbons (Fsp3) is 0.273. The third kappa shape index (κ3) is 4.53. The lowest BCUT2D eigenvalue weighted by Gasteiger charge is -2.19. The molecule has 1 aliphatic heterocycles. The quantitative estimate of drug-likeness (QED) is 0.740. The number of nitrogens with zero attached hydrogens (tertiary/aromatic N) is 1. The van der Waals surface area contributed by atoms with E-state index >= 15 is 0 Å². The number of hydrogen-bond donors (Lipinski definition) is 2. The zero-order chi connectivity index (χ0) is 22.1. The van der Waals surface area contributed by atoms with Gasteiger partial charge in [-0.2, -0.15) is 0 Å². The monoisotopic (exact) mass is 411 g/mol. The summed E-state index contributed by atoms with van der Waals surface area (Å²) in [6.45, 7) is 5.12. The summed E-state index contributed by atoms with van der Waals surface area (Å²) in [7, 11) is 0. The zero-order valence-corrected chi connectivity index (χ0v) is 16.9. The van der Waals surface area contributed by atoms with Crippen LogP contribution in [0.3, 0.4) is 0 Å².